The molecule has 0 saturated carbocycles. The Balaban J connectivity index is 4.13. The topological polar surface area (TPSA) is 92.7 Å². The number of rotatable bonds is 38. The van der Waals surface area contributed by atoms with Gasteiger partial charge in [0.25, 0.3) is 0 Å². The molecule has 0 bridgehead atoms. The van der Waals surface area contributed by atoms with Gasteiger partial charge in [0, 0.05) is 12.8 Å². The first kappa shape index (κ1) is 45.4. The summed E-state index contributed by atoms with van der Waals surface area (Å²) in [6, 6.07) is 0. The molecule has 0 spiro atoms. The molecule has 1 unspecified atom stereocenters. The average molecular weight is 666 g/mol. The van der Waals surface area contributed by atoms with E-state index in [-0.39, 0.29) is 24.5 Å². The van der Waals surface area contributed by atoms with Crippen molar-refractivity contribution >= 4 is 17.8 Å². The highest BCUT2D eigenvalue weighted by atomic mass is 16.5. The van der Waals surface area contributed by atoms with Crippen LogP contribution in [0.4, 0.5) is 0 Å². The minimum absolute atomic E-state index is 0.00983. The summed E-state index contributed by atoms with van der Waals surface area (Å²) in [5.74, 6) is -1.21. The number of carboxylic acids is 1. The molecule has 0 rings (SSSR count). The van der Waals surface area contributed by atoms with Gasteiger partial charge in [0.2, 0.25) is 5.91 Å². The Bertz CT molecular complexity index is 697. The zero-order valence-corrected chi connectivity index (χ0v) is 31.4. The molecular weight excluding hydrogens is 586 g/mol. The minimum atomic E-state index is -1.01. The molecule has 6 heteroatoms. The standard InChI is InChI=1S/C41H79NO5/c1-3-5-7-9-11-13-15-17-19-21-23-28-32-36-41(46)47-38(33-29-25-22-20-18-16-14-12-10-8-6-4-2)34-30-26-24-27-31-35-39(43)42-37-40(44)45/h38H,3-37H2,1-2H3,(H,42,43)(H,44,45). The Morgan fingerprint density at radius 3 is 1.15 bits per heavy atom. The van der Waals surface area contributed by atoms with Gasteiger partial charge in [0.05, 0.1) is 0 Å². The lowest BCUT2D eigenvalue weighted by Crippen LogP contribution is -2.28. The van der Waals surface area contributed by atoms with Crippen molar-refractivity contribution in [3.63, 3.8) is 0 Å². The molecule has 0 heterocycles. The fraction of sp³-hybridized carbons (Fsp3) is 0.927. The number of carbonyl (C=O) groups is 3. The van der Waals surface area contributed by atoms with Gasteiger partial charge in [-0.25, -0.2) is 0 Å². The molecule has 0 aromatic heterocycles. The van der Waals surface area contributed by atoms with Crippen LogP contribution in [0.3, 0.4) is 0 Å². The Kier molecular flexibility index (Phi) is 36.0. The van der Waals surface area contributed by atoms with E-state index >= 15 is 0 Å². The molecule has 0 aliphatic carbocycles. The van der Waals surface area contributed by atoms with E-state index in [0.717, 1.165) is 64.2 Å². The number of hydrogen-bond acceptors (Lipinski definition) is 4. The van der Waals surface area contributed by atoms with Gasteiger partial charge in [-0.3, -0.25) is 14.4 Å². The molecule has 0 aromatic rings. The zero-order valence-electron chi connectivity index (χ0n) is 31.4. The number of aliphatic carboxylic acids is 1. The first-order valence-corrected chi connectivity index (χ1v) is 20.7. The van der Waals surface area contributed by atoms with Crippen molar-refractivity contribution in [2.75, 3.05) is 6.54 Å². The molecule has 0 aromatic carbocycles. The van der Waals surface area contributed by atoms with Crippen molar-refractivity contribution < 1.29 is 24.2 Å². The van der Waals surface area contributed by atoms with Crippen LogP contribution >= 0.6 is 0 Å². The maximum Gasteiger partial charge on any atom is 0.322 e. The molecule has 0 fully saturated rings. The van der Waals surface area contributed by atoms with Gasteiger partial charge in [0.1, 0.15) is 12.6 Å². The monoisotopic (exact) mass is 666 g/mol. The summed E-state index contributed by atoms with van der Waals surface area (Å²) in [6.45, 7) is 4.24. The maximum atomic E-state index is 12.7. The fourth-order valence-corrected chi connectivity index (χ4v) is 6.46. The van der Waals surface area contributed by atoms with Gasteiger partial charge in [-0.1, -0.05) is 181 Å². The largest absolute Gasteiger partial charge is 0.480 e. The Morgan fingerprint density at radius 1 is 0.468 bits per heavy atom. The molecule has 278 valence electrons. The summed E-state index contributed by atoms with van der Waals surface area (Å²) < 4.78 is 6.02. The fourth-order valence-electron chi connectivity index (χ4n) is 6.46. The molecule has 0 saturated heterocycles. The number of carboxylic acid groups (broad SMARTS) is 1. The van der Waals surface area contributed by atoms with Crippen LogP contribution in [0, 0.1) is 0 Å². The molecule has 0 radical (unpaired) electrons. The lowest BCUT2D eigenvalue weighted by Gasteiger charge is -2.18. The predicted octanol–water partition coefficient (Wildman–Crippen LogP) is 12.4. The van der Waals surface area contributed by atoms with E-state index < -0.39 is 5.97 Å². The van der Waals surface area contributed by atoms with Crippen molar-refractivity contribution in [3.8, 4) is 0 Å². The van der Waals surface area contributed by atoms with Crippen molar-refractivity contribution in [2.45, 2.75) is 238 Å². The minimum Gasteiger partial charge on any atom is -0.480 e. The lowest BCUT2D eigenvalue weighted by molar-refractivity contribution is -0.150. The SMILES string of the molecule is CCCCCCCCCCCCCCCC(=O)OC(CCCCCCCCCCCCCC)CCCCCCCC(=O)NCC(=O)O. The van der Waals surface area contributed by atoms with E-state index in [2.05, 4.69) is 19.2 Å². The third kappa shape index (κ3) is 37.1. The van der Waals surface area contributed by atoms with E-state index in [4.69, 9.17) is 9.84 Å². The summed E-state index contributed by atoms with van der Waals surface area (Å²) in [6.07, 6.45) is 40.8. The van der Waals surface area contributed by atoms with Gasteiger partial charge >= 0.3 is 11.9 Å². The third-order valence-corrected chi connectivity index (χ3v) is 9.53. The number of hydrogen-bond donors (Lipinski definition) is 2. The van der Waals surface area contributed by atoms with Crippen LogP contribution in [0.15, 0.2) is 0 Å². The van der Waals surface area contributed by atoms with Crippen molar-refractivity contribution in [1.29, 1.82) is 0 Å². The Morgan fingerprint density at radius 2 is 0.787 bits per heavy atom. The van der Waals surface area contributed by atoms with Crippen LogP contribution < -0.4 is 5.32 Å². The van der Waals surface area contributed by atoms with Crippen molar-refractivity contribution in [3.05, 3.63) is 0 Å². The molecule has 2 N–H and O–H groups in total. The van der Waals surface area contributed by atoms with Gasteiger partial charge in [-0.2, -0.15) is 0 Å². The smallest absolute Gasteiger partial charge is 0.322 e. The van der Waals surface area contributed by atoms with Gasteiger partial charge in [-0.15, -0.1) is 0 Å². The van der Waals surface area contributed by atoms with E-state index in [9.17, 15) is 14.4 Å². The normalized spacial score (nSPS) is 11.9. The molecule has 0 aliphatic rings. The molecular formula is C41H79NO5. The first-order valence-electron chi connectivity index (χ1n) is 20.7. The molecule has 0 aliphatic heterocycles. The van der Waals surface area contributed by atoms with E-state index in [1.165, 1.54) is 141 Å². The van der Waals surface area contributed by atoms with Gasteiger partial charge < -0.3 is 15.2 Å². The van der Waals surface area contributed by atoms with E-state index in [1.807, 2.05) is 0 Å². The summed E-state index contributed by atoms with van der Waals surface area (Å²) >= 11 is 0. The van der Waals surface area contributed by atoms with Crippen molar-refractivity contribution in [2.24, 2.45) is 0 Å². The number of ether oxygens (including phenoxy) is 1. The van der Waals surface area contributed by atoms with Crippen LogP contribution in [-0.4, -0.2) is 35.6 Å². The summed E-state index contributed by atoms with van der Waals surface area (Å²) in [5.41, 5.74) is 0. The van der Waals surface area contributed by atoms with Gasteiger partial charge in [-0.05, 0) is 38.5 Å². The van der Waals surface area contributed by atoms with Crippen LogP contribution in [0.5, 0.6) is 0 Å². The van der Waals surface area contributed by atoms with Crippen LogP contribution in [0.25, 0.3) is 0 Å². The third-order valence-electron chi connectivity index (χ3n) is 9.53. The van der Waals surface area contributed by atoms with Crippen LogP contribution in [-0.2, 0) is 19.1 Å². The zero-order chi connectivity index (χ0) is 34.5. The number of amides is 1. The second-order valence-corrected chi connectivity index (χ2v) is 14.3. The summed E-state index contributed by atoms with van der Waals surface area (Å²) in [5, 5.41) is 11.1. The van der Waals surface area contributed by atoms with Crippen LogP contribution in [0.2, 0.25) is 0 Å². The summed E-state index contributed by atoms with van der Waals surface area (Å²) in [4.78, 5) is 34.9. The number of esters is 1. The van der Waals surface area contributed by atoms with Gasteiger partial charge in [0.15, 0.2) is 0 Å². The highest BCUT2D eigenvalue weighted by Crippen LogP contribution is 2.19. The maximum absolute atomic E-state index is 12.7. The Labute approximate surface area is 291 Å². The molecule has 47 heavy (non-hydrogen) atoms. The average Bonchev–Trinajstić information content (AvgIpc) is 3.05. The molecule has 1 atom stereocenters. The van der Waals surface area contributed by atoms with Crippen molar-refractivity contribution in [1.82, 2.24) is 5.32 Å². The predicted molar refractivity (Wildman–Crippen MR) is 199 cm³/mol. The number of nitrogens with one attached hydrogen (secondary N) is 1. The highest BCUT2D eigenvalue weighted by Gasteiger charge is 2.14. The summed E-state index contributed by atoms with van der Waals surface area (Å²) in [7, 11) is 0. The van der Waals surface area contributed by atoms with E-state index in [1.54, 1.807) is 0 Å². The first-order chi connectivity index (χ1) is 23.0. The molecule has 6 nitrogen and oxygen atoms in total. The van der Waals surface area contributed by atoms with Crippen LogP contribution in [0.1, 0.15) is 232 Å². The second kappa shape index (κ2) is 37.2. The number of unbranched alkanes of at least 4 members (excludes halogenated alkanes) is 27. The van der Waals surface area contributed by atoms with E-state index in [0.29, 0.717) is 12.8 Å². The lowest BCUT2D eigenvalue weighted by atomic mass is 10.0. The second-order valence-electron chi connectivity index (χ2n) is 14.3. The highest BCUT2D eigenvalue weighted by molar-refractivity contribution is 5.80. The Hall–Kier alpha value is -1.59. The quantitative estimate of drug-likeness (QED) is 0.0506. The number of carbonyl (C=O) groups excluding carboxylic acids is 2. The molecule has 1 amide bonds.